The summed E-state index contributed by atoms with van der Waals surface area (Å²) in [6.07, 6.45) is 5.09. The van der Waals surface area contributed by atoms with Gasteiger partial charge in [-0.25, -0.2) is 24.5 Å². The van der Waals surface area contributed by atoms with Crippen LogP contribution in [0.15, 0.2) is 47.7 Å². The molecule has 0 spiro atoms. The van der Waals surface area contributed by atoms with Gasteiger partial charge in [0.2, 0.25) is 0 Å². The van der Waals surface area contributed by atoms with E-state index in [0.717, 1.165) is 0 Å². The zero-order valence-electron chi connectivity index (χ0n) is 21.3. The van der Waals surface area contributed by atoms with Crippen LogP contribution in [0, 0.1) is 0 Å². The van der Waals surface area contributed by atoms with Crippen LogP contribution < -0.4 is 11.0 Å². The summed E-state index contributed by atoms with van der Waals surface area (Å²) in [6, 6.07) is 6.47. The zero-order chi connectivity index (χ0) is 27.7. The molecule has 4 aromatic rings. The van der Waals surface area contributed by atoms with Gasteiger partial charge in [0.15, 0.2) is 5.65 Å². The van der Waals surface area contributed by atoms with E-state index in [4.69, 9.17) is 0 Å². The molecule has 1 saturated heterocycles. The maximum atomic E-state index is 13.7. The predicted molar refractivity (Wildman–Crippen MR) is 137 cm³/mol. The number of hydrogen-bond donors (Lipinski definition) is 2. The molecule has 5 rings (SSSR count). The topological polar surface area (TPSA) is 166 Å². The number of carboxylic acids is 1. The second-order valence-electron chi connectivity index (χ2n) is 9.10. The number of carbonyl (C=O) groups is 3. The van der Waals surface area contributed by atoms with Gasteiger partial charge in [-0.15, -0.1) is 0 Å². The molecule has 0 aliphatic carbocycles. The van der Waals surface area contributed by atoms with Gasteiger partial charge in [0, 0.05) is 26.3 Å². The first-order valence-corrected chi connectivity index (χ1v) is 12.1. The monoisotopic (exact) mass is 534 g/mol. The van der Waals surface area contributed by atoms with Crippen molar-refractivity contribution in [2.75, 3.05) is 26.7 Å². The Morgan fingerprint density at radius 3 is 2.67 bits per heavy atom. The van der Waals surface area contributed by atoms with Crippen molar-refractivity contribution in [2.24, 2.45) is 7.05 Å². The fourth-order valence-corrected chi connectivity index (χ4v) is 4.76. The molecular weight excluding hydrogens is 508 g/mol. The molecule has 1 fully saturated rings. The van der Waals surface area contributed by atoms with Gasteiger partial charge in [-0.05, 0) is 30.7 Å². The summed E-state index contributed by atoms with van der Waals surface area (Å²) in [5, 5.41) is 11.7. The van der Waals surface area contributed by atoms with Crippen molar-refractivity contribution < 1.29 is 24.2 Å². The largest absolute Gasteiger partial charge is 0.477 e. The molecular formula is C25H26N8O6. The number of carbonyl (C=O) groups excluding carboxylic acids is 2. The number of imidazole rings is 2. The Kier molecular flexibility index (Phi) is 6.94. The van der Waals surface area contributed by atoms with E-state index in [-0.39, 0.29) is 29.7 Å². The summed E-state index contributed by atoms with van der Waals surface area (Å²) in [5.41, 5.74) is 1.50. The lowest BCUT2D eigenvalue weighted by Gasteiger charge is -2.16. The molecule has 1 amide bonds. The van der Waals surface area contributed by atoms with E-state index in [1.807, 2.05) is 0 Å². The Hall–Kier alpha value is -4.85. The second-order valence-corrected chi connectivity index (χ2v) is 9.10. The molecule has 0 radical (unpaired) electrons. The van der Waals surface area contributed by atoms with E-state index in [1.165, 1.54) is 30.1 Å². The standard InChI is InChI=1S/C25H26N8O6/c1-30-19(24(36)37)11-28-20(30)14-31-9-7-16(13-31)33-22-18(4-3-8-26-22)32(25(33)38)15-5-6-17(27-10-15)23(35)29-12-21(34)39-2/h3-6,8,10-11,16H,7,9,12-14H2,1-2H3,(H,29,35)(H,36,37)/t16-/m0/s1. The Labute approximate surface area is 221 Å². The molecule has 14 nitrogen and oxygen atoms in total. The molecule has 202 valence electrons. The third-order valence-corrected chi connectivity index (χ3v) is 6.77. The lowest BCUT2D eigenvalue weighted by atomic mass is 10.2. The minimum Gasteiger partial charge on any atom is -0.477 e. The maximum absolute atomic E-state index is 13.7. The van der Waals surface area contributed by atoms with Crippen molar-refractivity contribution >= 4 is 29.0 Å². The van der Waals surface area contributed by atoms with Gasteiger partial charge in [0.1, 0.15) is 23.8 Å². The van der Waals surface area contributed by atoms with Crippen LogP contribution in [0.3, 0.4) is 0 Å². The minimum absolute atomic E-state index is 0.0874. The summed E-state index contributed by atoms with van der Waals surface area (Å²) in [5.74, 6) is -1.53. The Morgan fingerprint density at radius 1 is 1.15 bits per heavy atom. The van der Waals surface area contributed by atoms with E-state index in [1.54, 1.807) is 40.6 Å². The van der Waals surface area contributed by atoms with Crippen molar-refractivity contribution in [2.45, 2.75) is 19.0 Å². The summed E-state index contributed by atoms with van der Waals surface area (Å²) in [7, 11) is 2.90. The quantitative estimate of drug-likeness (QED) is 0.301. The minimum atomic E-state index is -1.04. The highest BCUT2D eigenvalue weighted by atomic mass is 16.5. The normalized spacial score (nSPS) is 15.5. The predicted octanol–water partition coefficient (Wildman–Crippen LogP) is 0.364. The molecule has 0 unspecified atom stereocenters. The SMILES string of the molecule is COC(=O)CNC(=O)c1ccc(-n2c(=O)n([C@H]3CCN(Cc4ncc(C(=O)O)n4C)C3)c3ncccc32)cn1. The molecule has 0 saturated carbocycles. The lowest BCUT2D eigenvalue weighted by Crippen LogP contribution is -2.31. The first-order chi connectivity index (χ1) is 18.8. The fraction of sp³-hybridized carbons (Fsp3) is 0.320. The Bertz CT molecular complexity index is 1620. The molecule has 1 aliphatic rings. The van der Waals surface area contributed by atoms with Gasteiger partial charge in [0.25, 0.3) is 5.91 Å². The first-order valence-electron chi connectivity index (χ1n) is 12.1. The van der Waals surface area contributed by atoms with Crippen LogP contribution in [-0.4, -0.2) is 83.2 Å². The fourth-order valence-electron chi connectivity index (χ4n) is 4.76. The number of ether oxygens (including phenoxy) is 1. The number of rotatable bonds is 8. The number of methoxy groups -OCH3 is 1. The number of likely N-dealkylation sites (tertiary alicyclic amines) is 1. The number of nitrogens with one attached hydrogen (secondary N) is 1. The molecule has 1 atom stereocenters. The third kappa shape index (κ3) is 4.88. The van der Waals surface area contributed by atoms with E-state index >= 15 is 0 Å². The number of hydrogen-bond acceptors (Lipinski definition) is 9. The highest BCUT2D eigenvalue weighted by Crippen LogP contribution is 2.26. The summed E-state index contributed by atoms with van der Waals surface area (Å²) in [6.45, 7) is 1.42. The summed E-state index contributed by atoms with van der Waals surface area (Å²) in [4.78, 5) is 63.7. The van der Waals surface area contributed by atoms with Crippen LogP contribution in [0.1, 0.15) is 39.3 Å². The number of carboxylic acid groups (broad SMARTS) is 1. The Morgan fingerprint density at radius 2 is 1.97 bits per heavy atom. The summed E-state index contributed by atoms with van der Waals surface area (Å²) < 4.78 is 9.25. The van der Waals surface area contributed by atoms with Crippen molar-refractivity contribution in [3.63, 3.8) is 0 Å². The average molecular weight is 535 g/mol. The highest BCUT2D eigenvalue weighted by Gasteiger charge is 2.30. The number of fused-ring (bicyclic) bond motifs is 1. The molecule has 4 aromatic heterocycles. The highest BCUT2D eigenvalue weighted by molar-refractivity contribution is 5.94. The van der Waals surface area contributed by atoms with Crippen LogP contribution >= 0.6 is 0 Å². The van der Waals surface area contributed by atoms with Gasteiger partial charge in [0.05, 0.1) is 43.3 Å². The average Bonchev–Trinajstić information content (AvgIpc) is 3.62. The third-order valence-electron chi connectivity index (χ3n) is 6.77. The van der Waals surface area contributed by atoms with Crippen LogP contribution in [0.25, 0.3) is 16.9 Å². The molecule has 2 N–H and O–H groups in total. The van der Waals surface area contributed by atoms with Gasteiger partial charge in [-0.1, -0.05) is 0 Å². The number of esters is 1. The van der Waals surface area contributed by atoms with Gasteiger partial charge >= 0.3 is 17.6 Å². The van der Waals surface area contributed by atoms with Crippen LogP contribution in [0.4, 0.5) is 0 Å². The van der Waals surface area contributed by atoms with Crippen molar-refractivity contribution in [1.29, 1.82) is 0 Å². The van der Waals surface area contributed by atoms with Crippen LogP contribution in [0.5, 0.6) is 0 Å². The van der Waals surface area contributed by atoms with Gasteiger partial charge < -0.3 is 19.7 Å². The molecule has 5 heterocycles. The Balaban J connectivity index is 1.39. The number of aromatic nitrogens is 6. The smallest absolute Gasteiger partial charge is 0.354 e. The number of pyridine rings is 2. The number of amides is 1. The van der Waals surface area contributed by atoms with Crippen LogP contribution in [-0.2, 0) is 23.1 Å². The van der Waals surface area contributed by atoms with E-state index in [9.17, 15) is 24.3 Å². The van der Waals surface area contributed by atoms with E-state index in [0.29, 0.717) is 48.7 Å². The van der Waals surface area contributed by atoms with Crippen molar-refractivity contribution in [1.82, 2.24) is 38.9 Å². The van der Waals surface area contributed by atoms with Crippen molar-refractivity contribution in [3.8, 4) is 5.69 Å². The maximum Gasteiger partial charge on any atom is 0.354 e. The van der Waals surface area contributed by atoms with Crippen molar-refractivity contribution in [3.05, 3.63) is 70.6 Å². The van der Waals surface area contributed by atoms with Crippen LogP contribution in [0.2, 0.25) is 0 Å². The van der Waals surface area contributed by atoms with E-state index < -0.39 is 17.8 Å². The molecule has 1 aliphatic heterocycles. The molecule has 39 heavy (non-hydrogen) atoms. The zero-order valence-corrected chi connectivity index (χ0v) is 21.3. The lowest BCUT2D eigenvalue weighted by molar-refractivity contribution is -0.139. The first kappa shape index (κ1) is 25.8. The number of nitrogens with zero attached hydrogens (tertiary/aromatic N) is 7. The molecule has 0 bridgehead atoms. The summed E-state index contributed by atoms with van der Waals surface area (Å²) >= 11 is 0. The molecule has 14 heteroatoms. The second kappa shape index (κ2) is 10.5. The van der Waals surface area contributed by atoms with E-state index in [2.05, 4.69) is 29.9 Å². The number of aromatic carboxylic acids is 1. The van der Waals surface area contributed by atoms with Gasteiger partial charge in [-0.2, -0.15) is 0 Å². The van der Waals surface area contributed by atoms with Gasteiger partial charge in [-0.3, -0.25) is 23.6 Å². The molecule has 0 aromatic carbocycles.